The molecule has 7 nitrogen and oxygen atoms in total. The van der Waals surface area contributed by atoms with Crippen molar-refractivity contribution in [3.63, 3.8) is 0 Å². The molecule has 1 aromatic carbocycles. The van der Waals surface area contributed by atoms with Gasteiger partial charge in [-0.25, -0.2) is 18.0 Å². The van der Waals surface area contributed by atoms with Crippen molar-refractivity contribution in [3.05, 3.63) is 35.4 Å². The summed E-state index contributed by atoms with van der Waals surface area (Å²) in [6, 6.07) is 5.93. The number of benzene rings is 1. The monoisotopic (exact) mass is 326 g/mol. The lowest BCUT2D eigenvalue weighted by Gasteiger charge is -2.12. The molecule has 2 N–H and O–H groups in total. The highest BCUT2D eigenvalue weighted by Crippen LogP contribution is 2.11. The van der Waals surface area contributed by atoms with E-state index in [0.29, 0.717) is 12.0 Å². The van der Waals surface area contributed by atoms with Crippen LogP contribution in [0.3, 0.4) is 0 Å². The number of carbonyl (C=O) groups is 2. The fourth-order valence-electron chi connectivity index (χ4n) is 2.20. The molecule has 0 saturated carbocycles. The first-order chi connectivity index (χ1) is 10.4. The van der Waals surface area contributed by atoms with Gasteiger partial charge in [-0.3, -0.25) is 0 Å². The topological polar surface area (TPSA) is 102 Å². The highest BCUT2D eigenvalue weighted by molar-refractivity contribution is 7.91. The molecule has 1 aromatic rings. The maximum atomic E-state index is 11.7. The number of esters is 1. The third kappa shape index (κ3) is 4.45. The molecule has 1 saturated heterocycles. The zero-order chi connectivity index (χ0) is 16.2. The minimum Gasteiger partial charge on any atom is -0.465 e. The molecule has 1 heterocycles. The zero-order valence-electron chi connectivity index (χ0n) is 12.2. The molecule has 0 aliphatic carbocycles. The fraction of sp³-hybridized carbons (Fsp3) is 0.429. The molecule has 0 unspecified atom stereocenters. The summed E-state index contributed by atoms with van der Waals surface area (Å²) in [4.78, 5) is 23.0. The Morgan fingerprint density at radius 1 is 1.27 bits per heavy atom. The number of sulfone groups is 1. The van der Waals surface area contributed by atoms with Crippen molar-refractivity contribution in [2.24, 2.45) is 0 Å². The molecule has 0 aromatic heterocycles. The van der Waals surface area contributed by atoms with Gasteiger partial charge in [0.15, 0.2) is 9.84 Å². The Kier molecular flexibility index (Phi) is 5.02. The number of methoxy groups -OCH3 is 1. The van der Waals surface area contributed by atoms with Gasteiger partial charge in [0.25, 0.3) is 0 Å². The van der Waals surface area contributed by atoms with Crippen molar-refractivity contribution in [2.45, 2.75) is 19.0 Å². The molecule has 120 valence electrons. The summed E-state index contributed by atoms with van der Waals surface area (Å²) >= 11 is 0. The molecular weight excluding hydrogens is 308 g/mol. The highest BCUT2D eigenvalue weighted by Gasteiger charge is 2.28. The Balaban J connectivity index is 1.80. The Morgan fingerprint density at radius 2 is 1.95 bits per heavy atom. The van der Waals surface area contributed by atoms with Crippen molar-refractivity contribution < 1.29 is 22.7 Å². The van der Waals surface area contributed by atoms with Gasteiger partial charge in [-0.1, -0.05) is 12.1 Å². The first-order valence-electron chi connectivity index (χ1n) is 6.81. The van der Waals surface area contributed by atoms with E-state index in [-0.39, 0.29) is 24.1 Å². The van der Waals surface area contributed by atoms with Crippen LogP contribution in [0.2, 0.25) is 0 Å². The summed E-state index contributed by atoms with van der Waals surface area (Å²) in [7, 11) is -1.70. The maximum Gasteiger partial charge on any atom is 0.337 e. The average Bonchev–Trinajstić information content (AvgIpc) is 2.83. The van der Waals surface area contributed by atoms with Crippen molar-refractivity contribution in [1.82, 2.24) is 10.6 Å². The van der Waals surface area contributed by atoms with Gasteiger partial charge in [0.05, 0.1) is 24.2 Å². The van der Waals surface area contributed by atoms with Crippen molar-refractivity contribution in [2.75, 3.05) is 18.6 Å². The smallest absolute Gasteiger partial charge is 0.337 e. The molecule has 0 bridgehead atoms. The second-order valence-electron chi connectivity index (χ2n) is 5.12. The summed E-state index contributed by atoms with van der Waals surface area (Å²) in [6.45, 7) is 0.284. The second kappa shape index (κ2) is 6.78. The number of nitrogens with one attached hydrogen (secondary N) is 2. The van der Waals surface area contributed by atoms with Crippen LogP contribution in [-0.4, -0.2) is 45.1 Å². The van der Waals surface area contributed by atoms with Crippen molar-refractivity contribution in [1.29, 1.82) is 0 Å². The van der Waals surface area contributed by atoms with Gasteiger partial charge in [-0.2, -0.15) is 0 Å². The van der Waals surface area contributed by atoms with Gasteiger partial charge in [-0.05, 0) is 24.1 Å². The van der Waals surface area contributed by atoms with E-state index in [0.717, 1.165) is 5.56 Å². The van der Waals surface area contributed by atoms with E-state index < -0.39 is 21.8 Å². The molecule has 2 rings (SSSR count). The lowest BCUT2D eigenvalue weighted by atomic mass is 10.1. The van der Waals surface area contributed by atoms with Crippen LogP contribution < -0.4 is 10.6 Å². The third-order valence-corrected chi connectivity index (χ3v) is 5.16. The van der Waals surface area contributed by atoms with Gasteiger partial charge in [-0.15, -0.1) is 0 Å². The molecule has 1 atom stereocenters. The van der Waals surface area contributed by atoms with Crippen LogP contribution >= 0.6 is 0 Å². The number of amides is 2. The first kappa shape index (κ1) is 16.3. The van der Waals surface area contributed by atoms with Gasteiger partial charge in [0.2, 0.25) is 0 Å². The zero-order valence-corrected chi connectivity index (χ0v) is 13.0. The minimum atomic E-state index is -3.01. The van der Waals surface area contributed by atoms with Crippen LogP contribution in [-0.2, 0) is 21.1 Å². The van der Waals surface area contributed by atoms with E-state index in [1.54, 1.807) is 24.3 Å². The Bertz CT molecular complexity index is 654. The molecule has 1 aliphatic heterocycles. The molecule has 8 heteroatoms. The van der Waals surface area contributed by atoms with Crippen LogP contribution in [0.25, 0.3) is 0 Å². The Morgan fingerprint density at radius 3 is 2.50 bits per heavy atom. The maximum absolute atomic E-state index is 11.7. The van der Waals surface area contributed by atoms with E-state index in [1.165, 1.54) is 7.11 Å². The van der Waals surface area contributed by atoms with E-state index >= 15 is 0 Å². The van der Waals surface area contributed by atoms with Crippen LogP contribution in [0.15, 0.2) is 24.3 Å². The van der Waals surface area contributed by atoms with Gasteiger partial charge in [0, 0.05) is 12.6 Å². The fourth-order valence-corrected chi connectivity index (χ4v) is 3.88. The standard InChI is InChI=1S/C14H18N2O5S/c1-21-13(17)11-4-2-10(3-5-11)8-15-14(18)16-12-6-7-22(19,20)9-12/h2-5,12H,6-9H2,1H3,(H2,15,16,18)/t12-/m1/s1. The van der Waals surface area contributed by atoms with Crippen LogP contribution in [0.1, 0.15) is 22.3 Å². The normalized spacial score (nSPS) is 19.4. The van der Waals surface area contributed by atoms with E-state index in [9.17, 15) is 18.0 Å². The summed E-state index contributed by atoms with van der Waals surface area (Å²) < 4.78 is 27.2. The van der Waals surface area contributed by atoms with E-state index in [4.69, 9.17) is 0 Å². The molecule has 0 spiro atoms. The number of hydrogen-bond donors (Lipinski definition) is 2. The number of carbonyl (C=O) groups excluding carboxylic acids is 2. The summed E-state index contributed by atoms with van der Waals surface area (Å²) in [5.74, 6) is -0.305. The molecule has 2 amide bonds. The Labute approximate surface area is 129 Å². The SMILES string of the molecule is COC(=O)c1ccc(CNC(=O)N[C@@H]2CCS(=O)(=O)C2)cc1. The second-order valence-corrected chi connectivity index (χ2v) is 7.34. The largest absolute Gasteiger partial charge is 0.465 e. The molecule has 1 aliphatic rings. The minimum absolute atomic E-state index is 0.00571. The quantitative estimate of drug-likeness (QED) is 0.783. The van der Waals surface area contributed by atoms with Crippen LogP contribution in [0.4, 0.5) is 4.79 Å². The van der Waals surface area contributed by atoms with Crippen molar-refractivity contribution >= 4 is 21.8 Å². The van der Waals surface area contributed by atoms with E-state index in [2.05, 4.69) is 15.4 Å². The van der Waals surface area contributed by atoms with E-state index in [1.807, 2.05) is 0 Å². The third-order valence-electron chi connectivity index (χ3n) is 3.40. The van der Waals surface area contributed by atoms with Gasteiger partial charge in [0.1, 0.15) is 0 Å². The average molecular weight is 326 g/mol. The summed E-state index contributed by atoms with van der Waals surface area (Å²) in [5.41, 5.74) is 1.26. The highest BCUT2D eigenvalue weighted by atomic mass is 32.2. The predicted molar refractivity (Wildman–Crippen MR) is 80.2 cm³/mol. The molecule has 1 fully saturated rings. The van der Waals surface area contributed by atoms with Crippen LogP contribution in [0, 0.1) is 0 Å². The van der Waals surface area contributed by atoms with Gasteiger partial charge < -0.3 is 15.4 Å². The predicted octanol–water partition coefficient (Wildman–Crippen LogP) is 0.460. The lowest BCUT2D eigenvalue weighted by molar-refractivity contribution is 0.0600. The molecule has 0 radical (unpaired) electrons. The number of rotatable bonds is 4. The van der Waals surface area contributed by atoms with Crippen molar-refractivity contribution in [3.8, 4) is 0 Å². The first-order valence-corrected chi connectivity index (χ1v) is 8.64. The Hall–Kier alpha value is -2.09. The number of ether oxygens (including phenoxy) is 1. The van der Waals surface area contributed by atoms with Crippen LogP contribution in [0.5, 0.6) is 0 Å². The number of urea groups is 1. The molecule has 22 heavy (non-hydrogen) atoms. The molecular formula is C14H18N2O5S. The number of hydrogen-bond acceptors (Lipinski definition) is 5. The summed E-state index contributed by atoms with van der Waals surface area (Å²) in [5, 5.41) is 5.29. The lowest BCUT2D eigenvalue weighted by Crippen LogP contribution is -2.42. The summed E-state index contributed by atoms with van der Waals surface area (Å²) in [6.07, 6.45) is 0.448. The van der Waals surface area contributed by atoms with Gasteiger partial charge >= 0.3 is 12.0 Å².